The van der Waals surface area contributed by atoms with E-state index in [0.29, 0.717) is 38.1 Å². The summed E-state index contributed by atoms with van der Waals surface area (Å²) in [6.45, 7) is 4.90. The van der Waals surface area contributed by atoms with E-state index in [1.807, 2.05) is 0 Å². The summed E-state index contributed by atoms with van der Waals surface area (Å²) in [5, 5.41) is 12.4. The molecular weight excluding hydrogens is 236 g/mol. The molecule has 18 heavy (non-hydrogen) atoms. The van der Waals surface area contributed by atoms with E-state index in [1.54, 1.807) is 0 Å². The maximum atomic E-state index is 11.9. The molecule has 0 spiro atoms. The van der Waals surface area contributed by atoms with Crippen LogP contribution in [0.1, 0.15) is 46.0 Å². The Morgan fingerprint density at radius 3 is 2.56 bits per heavy atom. The average molecular weight is 258 g/mol. The molecule has 0 heterocycles. The Labute approximate surface area is 107 Å². The van der Waals surface area contributed by atoms with Crippen LogP contribution in [-0.4, -0.2) is 23.6 Å². The van der Waals surface area contributed by atoms with Gasteiger partial charge < -0.3 is 10.2 Å². The van der Waals surface area contributed by atoms with Crippen LogP contribution < -0.4 is 5.32 Å². The van der Waals surface area contributed by atoms with Gasteiger partial charge in [-0.2, -0.15) is 0 Å². The number of carbonyl (C=O) groups is 1. The second kappa shape index (κ2) is 7.18. The monoisotopic (exact) mass is 258 g/mol. The van der Waals surface area contributed by atoms with Crippen LogP contribution in [0.4, 0.5) is 0 Å². The molecule has 1 amide bonds. The van der Waals surface area contributed by atoms with Gasteiger partial charge in [-0.1, -0.05) is 20.3 Å². The topological polar surface area (TPSA) is 81.5 Å². The Balaban J connectivity index is 2.25. The number of rotatable bonds is 6. The molecule has 0 aromatic carbocycles. The van der Waals surface area contributed by atoms with Crippen molar-refractivity contribution in [3.05, 3.63) is 10.1 Å². The van der Waals surface area contributed by atoms with Gasteiger partial charge in [-0.15, -0.1) is 10.1 Å². The molecular formula is C12H22N2O4. The molecule has 0 bridgehead atoms. The summed E-state index contributed by atoms with van der Waals surface area (Å²) in [6, 6.07) is 0. The first-order chi connectivity index (χ1) is 8.52. The van der Waals surface area contributed by atoms with Crippen molar-refractivity contribution in [3.8, 4) is 0 Å². The van der Waals surface area contributed by atoms with Crippen LogP contribution in [0.2, 0.25) is 0 Å². The average Bonchev–Trinajstić information content (AvgIpc) is 2.35. The van der Waals surface area contributed by atoms with Gasteiger partial charge in [-0.3, -0.25) is 4.79 Å². The second-order valence-corrected chi connectivity index (χ2v) is 5.06. The minimum absolute atomic E-state index is 0.0133. The van der Waals surface area contributed by atoms with Crippen LogP contribution in [0, 0.1) is 22.0 Å². The zero-order valence-electron chi connectivity index (χ0n) is 11.1. The molecule has 0 saturated heterocycles. The summed E-state index contributed by atoms with van der Waals surface area (Å²) in [5.41, 5.74) is 0. The van der Waals surface area contributed by atoms with Gasteiger partial charge in [0.15, 0.2) is 0 Å². The molecule has 1 rings (SSSR count). The van der Waals surface area contributed by atoms with E-state index in [2.05, 4.69) is 24.0 Å². The molecule has 1 fully saturated rings. The van der Waals surface area contributed by atoms with Crippen molar-refractivity contribution in [2.24, 2.45) is 11.8 Å². The maximum absolute atomic E-state index is 11.9. The minimum atomic E-state index is -0.742. The van der Waals surface area contributed by atoms with Crippen LogP contribution in [0.25, 0.3) is 0 Å². The molecule has 1 saturated carbocycles. The lowest BCUT2D eigenvalue weighted by molar-refractivity contribution is -0.769. The number of hydrogen-bond acceptors (Lipinski definition) is 4. The molecule has 1 unspecified atom stereocenters. The van der Waals surface area contributed by atoms with Gasteiger partial charge in [-0.05, 0) is 31.6 Å². The van der Waals surface area contributed by atoms with Gasteiger partial charge in [0.1, 0.15) is 6.10 Å². The highest BCUT2D eigenvalue weighted by molar-refractivity contribution is 5.78. The molecule has 0 aromatic heterocycles. The van der Waals surface area contributed by atoms with Crippen molar-refractivity contribution in [1.82, 2.24) is 5.32 Å². The summed E-state index contributed by atoms with van der Waals surface area (Å²) in [7, 11) is 0. The quantitative estimate of drug-likeness (QED) is 0.583. The Morgan fingerprint density at radius 2 is 2.06 bits per heavy atom. The van der Waals surface area contributed by atoms with Crippen LogP contribution in [0.5, 0.6) is 0 Å². The number of carbonyl (C=O) groups excluding carboxylic acids is 1. The third-order valence-corrected chi connectivity index (χ3v) is 3.60. The van der Waals surface area contributed by atoms with E-state index < -0.39 is 5.09 Å². The van der Waals surface area contributed by atoms with Crippen LogP contribution in [0.3, 0.4) is 0 Å². The van der Waals surface area contributed by atoms with Crippen molar-refractivity contribution in [1.29, 1.82) is 0 Å². The molecule has 6 heteroatoms. The standard InChI is InChI=1S/C12H22N2O4/c1-3-9(2)8-13-12(15)10-4-6-11(7-5-10)18-14(16)17/h9-11H,3-8H2,1-2H3,(H,13,15). The van der Waals surface area contributed by atoms with Gasteiger partial charge >= 0.3 is 0 Å². The van der Waals surface area contributed by atoms with Gasteiger partial charge in [0.05, 0.1) is 0 Å². The molecule has 1 aliphatic carbocycles. The van der Waals surface area contributed by atoms with Crippen LogP contribution in [-0.2, 0) is 9.63 Å². The van der Waals surface area contributed by atoms with Crippen molar-refractivity contribution in [3.63, 3.8) is 0 Å². The first-order valence-electron chi connectivity index (χ1n) is 6.61. The fourth-order valence-electron chi connectivity index (χ4n) is 2.12. The Hall–Kier alpha value is -1.33. The fraction of sp³-hybridized carbons (Fsp3) is 0.917. The van der Waals surface area contributed by atoms with Crippen molar-refractivity contribution >= 4 is 5.91 Å². The largest absolute Gasteiger partial charge is 0.356 e. The van der Waals surface area contributed by atoms with E-state index in [9.17, 15) is 14.9 Å². The summed E-state index contributed by atoms with van der Waals surface area (Å²) in [4.78, 5) is 26.6. The van der Waals surface area contributed by atoms with E-state index >= 15 is 0 Å². The van der Waals surface area contributed by atoms with Gasteiger partial charge in [-0.25, -0.2) is 0 Å². The van der Waals surface area contributed by atoms with Gasteiger partial charge in [0.25, 0.3) is 5.09 Å². The summed E-state index contributed by atoms with van der Waals surface area (Å²) in [5.74, 6) is 0.554. The minimum Gasteiger partial charge on any atom is -0.356 e. The van der Waals surface area contributed by atoms with E-state index in [1.165, 1.54) is 0 Å². The fourth-order valence-corrected chi connectivity index (χ4v) is 2.12. The zero-order chi connectivity index (χ0) is 13.5. The number of amides is 1. The Bertz CT molecular complexity index is 288. The predicted octanol–water partition coefficient (Wildman–Crippen LogP) is 1.92. The number of hydrogen-bond donors (Lipinski definition) is 1. The maximum Gasteiger partial charge on any atom is 0.294 e. The zero-order valence-corrected chi connectivity index (χ0v) is 11.1. The lowest BCUT2D eigenvalue weighted by Crippen LogP contribution is -2.37. The summed E-state index contributed by atoms with van der Waals surface area (Å²) >= 11 is 0. The molecule has 0 radical (unpaired) electrons. The van der Waals surface area contributed by atoms with Crippen molar-refractivity contribution in [2.45, 2.75) is 52.1 Å². The molecule has 6 nitrogen and oxygen atoms in total. The van der Waals surface area contributed by atoms with Gasteiger partial charge in [0.2, 0.25) is 5.91 Å². The molecule has 1 aliphatic rings. The predicted molar refractivity (Wildman–Crippen MR) is 66.3 cm³/mol. The Morgan fingerprint density at radius 1 is 1.44 bits per heavy atom. The molecule has 0 aliphatic heterocycles. The highest BCUT2D eigenvalue weighted by Gasteiger charge is 2.27. The highest BCUT2D eigenvalue weighted by atomic mass is 17.0. The van der Waals surface area contributed by atoms with Crippen LogP contribution >= 0.6 is 0 Å². The normalized spacial score (nSPS) is 25.2. The first kappa shape index (κ1) is 14.7. The highest BCUT2D eigenvalue weighted by Crippen LogP contribution is 2.26. The third-order valence-electron chi connectivity index (χ3n) is 3.60. The third kappa shape index (κ3) is 4.89. The number of nitrogens with zero attached hydrogens (tertiary/aromatic N) is 1. The number of nitrogens with one attached hydrogen (secondary N) is 1. The molecule has 104 valence electrons. The molecule has 1 atom stereocenters. The second-order valence-electron chi connectivity index (χ2n) is 5.06. The van der Waals surface area contributed by atoms with Crippen LogP contribution in [0.15, 0.2) is 0 Å². The Kier molecular flexibility index (Phi) is 5.88. The smallest absolute Gasteiger partial charge is 0.294 e. The van der Waals surface area contributed by atoms with Gasteiger partial charge in [0, 0.05) is 12.5 Å². The SMILES string of the molecule is CCC(C)CNC(=O)C1CCC(O[N+](=O)[O-])CC1. The van der Waals surface area contributed by atoms with E-state index in [-0.39, 0.29) is 17.9 Å². The van der Waals surface area contributed by atoms with E-state index in [4.69, 9.17) is 0 Å². The first-order valence-corrected chi connectivity index (χ1v) is 6.61. The van der Waals surface area contributed by atoms with E-state index in [0.717, 1.165) is 6.42 Å². The molecule has 0 aromatic rings. The summed E-state index contributed by atoms with van der Waals surface area (Å²) in [6.07, 6.45) is 3.23. The van der Waals surface area contributed by atoms with Crippen molar-refractivity contribution < 1.29 is 14.7 Å². The lowest BCUT2D eigenvalue weighted by Gasteiger charge is -2.26. The van der Waals surface area contributed by atoms with Crippen molar-refractivity contribution in [2.75, 3.05) is 6.54 Å². The molecule has 1 N–H and O–H groups in total. The summed E-state index contributed by atoms with van der Waals surface area (Å²) < 4.78 is 0. The lowest BCUT2D eigenvalue weighted by atomic mass is 9.87.